The number of ether oxygens (including phenoxy) is 2. The fourth-order valence-corrected chi connectivity index (χ4v) is 1.32. The van der Waals surface area contributed by atoms with E-state index in [1.54, 1.807) is 12.1 Å². The molecular weight excluding hydrogens is 234 g/mol. The monoisotopic (exact) mass is 243 g/mol. The van der Waals surface area contributed by atoms with Gasteiger partial charge < -0.3 is 9.47 Å². The van der Waals surface area contributed by atoms with Crippen molar-refractivity contribution < 1.29 is 9.47 Å². The fraction of sp³-hybridized carbons (Fsp3) is 0.182. The molecule has 0 amide bonds. The van der Waals surface area contributed by atoms with Gasteiger partial charge in [-0.3, -0.25) is 0 Å². The minimum Gasteiger partial charge on any atom is -0.480 e. The maximum atomic E-state index is 8.65. The molecule has 90 valence electrons. The Balaban J connectivity index is 2.46. The Morgan fingerprint density at radius 3 is 2.56 bits per heavy atom. The topological polar surface area (TPSA) is 93.8 Å². The Hall–Kier alpha value is -2.75. The van der Waals surface area contributed by atoms with E-state index in [9.17, 15) is 0 Å². The molecule has 0 N–H and O–H groups in total. The van der Waals surface area contributed by atoms with Crippen LogP contribution in [0.2, 0.25) is 0 Å². The van der Waals surface area contributed by atoms with Crippen LogP contribution in [0.15, 0.2) is 18.3 Å². The lowest BCUT2D eigenvalue weighted by atomic mass is 10.2. The molecule has 0 radical (unpaired) electrons. The van der Waals surface area contributed by atoms with Crippen LogP contribution in [0.4, 0.5) is 0 Å². The van der Waals surface area contributed by atoms with Crippen molar-refractivity contribution in [1.29, 1.82) is 5.26 Å². The van der Waals surface area contributed by atoms with E-state index in [0.717, 1.165) is 0 Å². The summed E-state index contributed by atoms with van der Waals surface area (Å²) >= 11 is 0. The molecule has 2 heterocycles. The standard InChI is InChI=1S/C11H9N5O2/c1-17-10-8(6-13-11(14-10)18-2)9-4-3-7(5-12)15-16-9/h3-4,6H,1-2H3. The first-order chi connectivity index (χ1) is 8.78. The van der Waals surface area contributed by atoms with Crippen molar-refractivity contribution in [3.8, 4) is 29.2 Å². The second kappa shape index (κ2) is 5.05. The molecule has 0 saturated carbocycles. The van der Waals surface area contributed by atoms with E-state index in [0.29, 0.717) is 17.1 Å². The summed E-state index contributed by atoms with van der Waals surface area (Å²) in [6, 6.07) is 5.32. The predicted octanol–water partition coefficient (Wildman–Crippen LogP) is 0.822. The first-order valence-electron chi connectivity index (χ1n) is 4.97. The Morgan fingerprint density at radius 1 is 1.17 bits per heavy atom. The zero-order valence-corrected chi connectivity index (χ0v) is 9.78. The molecule has 0 saturated heterocycles. The highest BCUT2D eigenvalue weighted by Gasteiger charge is 2.12. The Kier molecular flexibility index (Phi) is 3.29. The fourth-order valence-electron chi connectivity index (χ4n) is 1.32. The van der Waals surface area contributed by atoms with E-state index in [1.165, 1.54) is 20.4 Å². The minimum atomic E-state index is 0.206. The molecule has 0 aliphatic heterocycles. The van der Waals surface area contributed by atoms with Crippen LogP contribution in [-0.2, 0) is 0 Å². The molecule has 0 unspecified atom stereocenters. The summed E-state index contributed by atoms with van der Waals surface area (Å²) in [5, 5.41) is 16.3. The summed E-state index contributed by atoms with van der Waals surface area (Å²) < 4.78 is 10.0. The van der Waals surface area contributed by atoms with Crippen LogP contribution < -0.4 is 9.47 Å². The van der Waals surface area contributed by atoms with Gasteiger partial charge in [0, 0.05) is 6.20 Å². The average Bonchev–Trinajstić information content (AvgIpc) is 2.46. The van der Waals surface area contributed by atoms with Crippen LogP contribution in [0.3, 0.4) is 0 Å². The number of hydrogen-bond acceptors (Lipinski definition) is 7. The van der Waals surface area contributed by atoms with Gasteiger partial charge in [-0.15, -0.1) is 10.2 Å². The maximum Gasteiger partial charge on any atom is 0.319 e. The van der Waals surface area contributed by atoms with Crippen molar-refractivity contribution in [2.45, 2.75) is 0 Å². The van der Waals surface area contributed by atoms with Crippen LogP contribution in [0.5, 0.6) is 11.9 Å². The van der Waals surface area contributed by atoms with Gasteiger partial charge in [0.05, 0.1) is 19.8 Å². The van der Waals surface area contributed by atoms with Gasteiger partial charge in [0.15, 0.2) is 5.69 Å². The van der Waals surface area contributed by atoms with Crippen molar-refractivity contribution in [2.75, 3.05) is 14.2 Å². The van der Waals surface area contributed by atoms with E-state index in [-0.39, 0.29) is 11.7 Å². The summed E-state index contributed by atoms with van der Waals surface area (Å²) in [7, 11) is 2.96. The van der Waals surface area contributed by atoms with Crippen LogP contribution in [0.25, 0.3) is 11.3 Å². The van der Waals surface area contributed by atoms with Crippen LogP contribution in [0, 0.1) is 11.3 Å². The van der Waals surface area contributed by atoms with Gasteiger partial charge in [-0.05, 0) is 12.1 Å². The molecular formula is C11H9N5O2. The molecule has 0 aromatic carbocycles. The lowest BCUT2D eigenvalue weighted by molar-refractivity contribution is 0.353. The molecule has 0 spiro atoms. The Labute approximate surface area is 103 Å². The van der Waals surface area contributed by atoms with Crippen LogP contribution in [0.1, 0.15) is 5.69 Å². The normalized spacial score (nSPS) is 9.61. The second-order valence-electron chi connectivity index (χ2n) is 3.20. The number of aromatic nitrogens is 4. The highest BCUT2D eigenvalue weighted by atomic mass is 16.5. The summed E-state index contributed by atoms with van der Waals surface area (Å²) in [6.45, 7) is 0. The summed E-state index contributed by atoms with van der Waals surface area (Å²) in [5.41, 5.74) is 1.34. The minimum absolute atomic E-state index is 0.206. The molecule has 0 fully saturated rings. The zero-order valence-electron chi connectivity index (χ0n) is 9.78. The quantitative estimate of drug-likeness (QED) is 0.787. The number of hydrogen-bond donors (Lipinski definition) is 0. The highest BCUT2D eigenvalue weighted by molar-refractivity contribution is 5.63. The summed E-state index contributed by atoms with van der Waals surface area (Å²) in [5.74, 6) is 0.334. The molecule has 0 aliphatic rings. The van der Waals surface area contributed by atoms with E-state index in [1.807, 2.05) is 6.07 Å². The predicted molar refractivity (Wildman–Crippen MR) is 60.9 cm³/mol. The molecule has 2 aromatic heterocycles. The highest BCUT2D eigenvalue weighted by Crippen LogP contribution is 2.26. The van der Waals surface area contributed by atoms with Crippen molar-refractivity contribution in [2.24, 2.45) is 0 Å². The third-order valence-electron chi connectivity index (χ3n) is 2.16. The summed E-state index contributed by atoms with van der Waals surface area (Å²) in [4.78, 5) is 8.02. The lowest BCUT2D eigenvalue weighted by Crippen LogP contribution is -1.99. The van der Waals surface area contributed by atoms with Gasteiger partial charge in [-0.1, -0.05) is 0 Å². The third kappa shape index (κ3) is 2.17. The maximum absolute atomic E-state index is 8.65. The number of methoxy groups -OCH3 is 2. The molecule has 0 bridgehead atoms. The number of nitrogens with zero attached hydrogens (tertiary/aromatic N) is 5. The van der Waals surface area contributed by atoms with Crippen LogP contribution >= 0.6 is 0 Å². The molecule has 2 aromatic rings. The smallest absolute Gasteiger partial charge is 0.319 e. The molecule has 7 nitrogen and oxygen atoms in total. The van der Waals surface area contributed by atoms with E-state index < -0.39 is 0 Å². The van der Waals surface area contributed by atoms with E-state index >= 15 is 0 Å². The van der Waals surface area contributed by atoms with E-state index in [2.05, 4.69) is 20.2 Å². The zero-order chi connectivity index (χ0) is 13.0. The molecule has 0 aliphatic carbocycles. The molecule has 0 atom stereocenters. The van der Waals surface area contributed by atoms with Gasteiger partial charge in [0.2, 0.25) is 5.88 Å². The Morgan fingerprint density at radius 2 is 2.00 bits per heavy atom. The number of nitriles is 1. The van der Waals surface area contributed by atoms with Gasteiger partial charge in [-0.25, -0.2) is 4.98 Å². The number of rotatable bonds is 3. The van der Waals surface area contributed by atoms with Gasteiger partial charge in [-0.2, -0.15) is 10.2 Å². The Bertz CT molecular complexity index is 591. The molecule has 2 rings (SSSR count). The molecule has 7 heteroatoms. The largest absolute Gasteiger partial charge is 0.480 e. The second-order valence-corrected chi connectivity index (χ2v) is 3.20. The van der Waals surface area contributed by atoms with Crippen LogP contribution in [-0.4, -0.2) is 34.4 Å². The third-order valence-corrected chi connectivity index (χ3v) is 2.16. The van der Waals surface area contributed by atoms with E-state index in [4.69, 9.17) is 14.7 Å². The first-order valence-corrected chi connectivity index (χ1v) is 4.97. The van der Waals surface area contributed by atoms with Crippen molar-refractivity contribution >= 4 is 0 Å². The van der Waals surface area contributed by atoms with Gasteiger partial charge >= 0.3 is 6.01 Å². The van der Waals surface area contributed by atoms with Gasteiger partial charge in [0.25, 0.3) is 0 Å². The SMILES string of the molecule is COc1ncc(-c2ccc(C#N)nn2)c(OC)n1. The average molecular weight is 243 g/mol. The van der Waals surface area contributed by atoms with Crippen molar-refractivity contribution in [3.63, 3.8) is 0 Å². The van der Waals surface area contributed by atoms with Crippen molar-refractivity contribution in [1.82, 2.24) is 20.2 Å². The van der Waals surface area contributed by atoms with Crippen molar-refractivity contribution in [3.05, 3.63) is 24.0 Å². The summed E-state index contributed by atoms with van der Waals surface area (Å²) in [6.07, 6.45) is 1.53. The van der Waals surface area contributed by atoms with Gasteiger partial charge in [0.1, 0.15) is 11.8 Å². The first kappa shape index (κ1) is 11.7. The lowest BCUT2D eigenvalue weighted by Gasteiger charge is -2.06. The molecule has 18 heavy (non-hydrogen) atoms.